The summed E-state index contributed by atoms with van der Waals surface area (Å²) in [5, 5.41) is 59.6. The minimum atomic E-state index is -4.43. The zero-order valence-electron chi connectivity index (χ0n) is 29.9. The fraction of sp³-hybridized carbons (Fsp3) is 0.390. The first kappa shape index (κ1) is 38.6. The fourth-order valence-electron chi connectivity index (χ4n) is 7.68. The van der Waals surface area contributed by atoms with Crippen LogP contribution < -0.4 is 0 Å². The van der Waals surface area contributed by atoms with Gasteiger partial charge in [0.2, 0.25) is 0 Å². The SMILES string of the molecule is O=C(O)c1cc(-c2ccc(C3CCN(CCCCc4cn([C@@H]5O[C@H](CO)[C@@H](O)[C@H](O)[C@H]5O)nn4)CC3)cc2)c2ccc(-c3ccc(C(F)(F)F)cc3)cc2c1. The predicted octanol–water partition coefficient (Wildman–Crippen LogP) is 5.66. The average Bonchev–Trinajstić information content (AvgIpc) is 3.66. The molecule has 5 N–H and O–H groups in total. The average molecular weight is 761 g/mol. The van der Waals surface area contributed by atoms with Crippen LogP contribution in [0.4, 0.5) is 13.2 Å². The summed E-state index contributed by atoms with van der Waals surface area (Å²) in [6.07, 6.45) is -4.69. The van der Waals surface area contributed by atoms with Crippen LogP contribution in [0.25, 0.3) is 33.0 Å². The van der Waals surface area contributed by atoms with E-state index in [0.717, 1.165) is 74.0 Å². The molecule has 0 aliphatic carbocycles. The zero-order chi connectivity index (χ0) is 38.9. The summed E-state index contributed by atoms with van der Waals surface area (Å²) in [6.45, 7) is 2.36. The van der Waals surface area contributed by atoms with E-state index in [2.05, 4.69) is 27.3 Å². The van der Waals surface area contributed by atoms with Gasteiger partial charge in [-0.05, 0) is 127 Å². The van der Waals surface area contributed by atoms with Crippen LogP contribution in [0.3, 0.4) is 0 Å². The molecule has 290 valence electrons. The maximum atomic E-state index is 13.1. The Morgan fingerprint density at radius 3 is 2.20 bits per heavy atom. The van der Waals surface area contributed by atoms with Gasteiger partial charge in [-0.2, -0.15) is 13.2 Å². The number of unbranched alkanes of at least 4 members (excludes halogenated alkanes) is 1. The van der Waals surface area contributed by atoms with E-state index in [-0.39, 0.29) is 5.56 Å². The van der Waals surface area contributed by atoms with Crippen molar-refractivity contribution in [3.8, 4) is 22.3 Å². The number of fused-ring (bicyclic) bond motifs is 1. The van der Waals surface area contributed by atoms with Crippen molar-refractivity contribution in [1.29, 1.82) is 0 Å². The summed E-state index contributed by atoms with van der Waals surface area (Å²) >= 11 is 0. The number of benzene rings is 4. The monoisotopic (exact) mass is 760 g/mol. The maximum absolute atomic E-state index is 13.1. The molecule has 0 saturated carbocycles. The second-order valence-corrected chi connectivity index (χ2v) is 14.4. The molecule has 5 aromatic rings. The lowest BCUT2D eigenvalue weighted by molar-refractivity contribution is -0.254. The van der Waals surface area contributed by atoms with Crippen molar-refractivity contribution in [2.75, 3.05) is 26.2 Å². The van der Waals surface area contributed by atoms with Gasteiger partial charge in [0, 0.05) is 0 Å². The van der Waals surface area contributed by atoms with E-state index in [1.54, 1.807) is 18.3 Å². The molecule has 14 heteroatoms. The number of likely N-dealkylation sites (tertiary alicyclic amines) is 1. The highest BCUT2D eigenvalue weighted by atomic mass is 19.4. The number of ether oxygens (including phenoxy) is 1. The van der Waals surface area contributed by atoms with Crippen molar-refractivity contribution in [2.45, 2.75) is 74.8 Å². The molecule has 2 fully saturated rings. The van der Waals surface area contributed by atoms with Crippen LogP contribution in [0, 0.1) is 0 Å². The number of nitrogens with zero attached hydrogens (tertiary/aromatic N) is 4. The topological polar surface area (TPSA) is 161 Å². The Morgan fingerprint density at radius 2 is 1.53 bits per heavy atom. The lowest BCUT2D eigenvalue weighted by Gasteiger charge is -2.39. The van der Waals surface area contributed by atoms with E-state index >= 15 is 0 Å². The Kier molecular flexibility index (Phi) is 11.3. The third kappa shape index (κ3) is 8.44. The van der Waals surface area contributed by atoms with E-state index in [1.165, 1.54) is 22.4 Å². The first-order valence-electron chi connectivity index (χ1n) is 18.4. The summed E-state index contributed by atoms with van der Waals surface area (Å²) in [7, 11) is 0. The smallest absolute Gasteiger partial charge is 0.416 e. The first-order valence-corrected chi connectivity index (χ1v) is 18.4. The minimum absolute atomic E-state index is 0.128. The van der Waals surface area contributed by atoms with Gasteiger partial charge in [-0.3, -0.25) is 0 Å². The summed E-state index contributed by atoms with van der Waals surface area (Å²) in [6, 6.07) is 22.0. The van der Waals surface area contributed by atoms with Crippen molar-refractivity contribution in [3.63, 3.8) is 0 Å². The van der Waals surface area contributed by atoms with Crippen molar-refractivity contribution < 1.29 is 48.2 Å². The molecule has 0 spiro atoms. The van der Waals surface area contributed by atoms with Crippen LogP contribution in [0.2, 0.25) is 0 Å². The number of aliphatic hydroxyl groups excluding tert-OH is 4. The highest BCUT2D eigenvalue weighted by molar-refractivity contribution is 6.04. The molecular formula is C41H43F3N4O7. The number of aromatic carboxylic acids is 1. The summed E-state index contributed by atoms with van der Waals surface area (Å²) in [4.78, 5) is 14.6. The third-order valence-corrected chi connectivity index (χ3v) is 10.9. The van der Waals surface area contributed by atoms with Gasteiger partial charge in [0.25, 0.3) is 0 Å². The van der Waals surface area contributed by atoms with Crippen molar-refractivity contribution in [2.24, 2.45) is 0 Å². The fourth-order valence-corrected chi connectivity index (χ4v) is 7.68. The molecule has 5 atom stereocenters. The van der Waals surface area contributed by atoms with E-state index in [1.807, 2.05) is 30.3 Å². The highest BCUT2D eigenvalue weighted by Gasteiger charge is 2.44. The molecule has 7 rings (SSSR count). The standard InChI is InChI=1S/C41H43F3N4O7/c42-41(43,44)31-11-8-25(9-12-31)28-10-13-33-29(19-28)20-30(40(53)54)21-34(33)27-6-4-24(5-7-27)26-14-17-47(18-15-26)16-2-1-3-32-22-48(46-45-32)39-38(52)37(51)36(50)35(23-49)55-39/h4-13,19-22,26,35-39,49-52H,1-3,14-18,23H2,(H,53,54)/t35-,36-,37+,38-,39-/m1/s1. The number of rotatable bonds is 11. The van der Waals surface area contributed by atoms with E-state index < -0.39 is 55.0 Å². The van der Waals surface area contributed by atoms with Crippen LogP contribution in [0.15, 0.2) is 85.1 Å². The summed E-state index contributed by atoms with van der Waals surface area (Å²) in [5.41, 5.74) is 4.29. The Hall–Kier alpha value is -4.70. The molecule has 0 radical (unpaired) electrons. The molecule has 0 bridgehead atoms. The number of aromatic nitrogens is 3. The van der Waals surface area contributed by atoms with E-state index in [9.17, 15) is 43.5 Å². The van der Waals surface area contributed by atoms with E-state index in [0.29, 0.717) is 34.5 Å². The lowest BCUT2D eigenvalue weighted by Crippen LogP contribution is -2.56. The van der Waals surface area contributed by atoms with Gasteiger partial charge in [0.1, 0.15) is 24.4 Å². The maximum Gasteiger partial charge on any atom is 0.416 e. The number of aliphatic hydroxyl groups is 4. The number of piperidine rings is 1. The Bertz CT molecular complexity index is 2100. The Morgan fingerprint density at radius 1 is 0.836 bits per heavy atom. The van der Waals surface area contributed by atoms with Gasteiger partial charge in [-0.15, -0.1) is 5.10 Å². The number of carboxylic acid groups (broad SMARTS) is 1. The molecule has 3 heterocycles. The molecule has 1 aromatic heterocycles. The molecule has 0 unspecified atom stereocenters. The number of halogens is 3. The van der Waals surface area contributed by atoms with Crippen molar-refractivity contribution >= 4 is 16.7 Å². The second-order valence-electron chi connectivity index (χ2n) is 14.4. The number of aryl methyl sites for hydroxylation is 1. The number of carboxylic acids is 1. The molecule has 4 aromatic carbocycles. The first-order chi connectivity index (χ1) is 26.4. The molecule has 11 nitrogen and oxygen atoms in total. The van der Waals surface area contributed by atoms with Crippen LogP contribution in [-0.2, 0) is 17.3 Å². The van der Waals surface area contributed by atoms with Crippen LogP contribution in [0.1, 0.15) is 65.0 Å². The van der Waals surface area contributed by atoms with Crippen LogP contribution >= 0.6 is 0 Å². The second kappa shape index (κ2) is 16.2. The molecule has 2 aliphatic rings. The minimum Gasteiger partial charge on any atom is -0.478 e. The quantitative estimate of drug-likeness (QED) is 0.106. The van der Waals surface area contributed by atoms with Gasteiger partial charge in [0.05, 0.1) is 29.6 Å². The van der Waals surface area contributed by atoms with Crippen molar-refractivity contribution in [3.05, 3.63) is 107 Å². The Labute approximate surface area is 315 Å². The van der Waals surface area contributed by atoms with Gasteiger partial charge in [0.15, 0.2) is 6.23 Å². The molecule has 55 heavy (non-hydrogen) atoms. The van der Waals surface area contributed by atoms with Crippen LogP contribution in [0.5, 0.6) is 0 Å². The van der Waals surface area contributed by atoms with Gasteiger partial charge < -0.3 is 35.2 Å². The largest absolute Gasteiger partial charge is 0.478 e. The van der Waals surface area contributed by atoms with Gasteiger partial charge in [-0.1, -0.05) is 53.7 Å². The third-order valence-electron chi connectivity index (χ3n) is 10.9. The van der Waals surface area contributed by atoms with Gasteiger partial charge in [-0.25, -0.2) is 9.48 Å². The lowest BCUT2D eigenvalue weighted by atomic mass is 9.87. The normalized spacial score (nSPS) is 22.6. The summed E-state index contributed by atoms with van der Waals surface area (Å²) < 4.78 is 46.2. The molecular weight excluding hydrogens is 717 g/mol. The molecule has 2 aliphatic heterocycles. The van der Waals surface area contributed by atoms with E-state index in [4.69, 9.17) is 4.74 Å². The number of hydrogen-bond donors (Lipinski definition) is 5. The highest BCUT2D eigenvalue weighted by Crippen LogP contribution is 2.37. The number of alkyl halides is 3. The van der Waals surface area contributed by atoms with Crippen LogP contribution in [-0.4, -0.2) is 102 Å². The number of carbonyl (C=O) groups is 1. The molecule has 2 saturated heterocycles. The summed E-state index contributed by atoms with van der Waals surface area (Å²) in [5.74, 6) is -0.665. The molecule has 0 amide bonds. The van der Waals surface area contributed by atoms with Gasteiger partial charge >= 0.3 is 12.1 Å². The van der Waals surface area contributed by atoms with Crippen molar-refractivity contribution in [1.82, 2.24) is 19.9 Å². The zero-order valence-corrected chi connectivity index (χ0v) is 29.9. The Balaban J connectivity index is 0.933. The number of hydrogen-bond acceptors (Lipinski definition) is 9. The predicted molar refractivity (Wildman–Crippen MR) is 197 cm³/mol.